The van der Waals surface area contributed by atoms with E-state index in [1.165, 1.54) is 66.7 Å². The Labute approximate surface area is 257 Å². The number of hydrogen-bond acceptors (Lipinski definition) is 1. The summed E-state index contributed by atoms with van der Waals surface area (Å²) >= 11 is 0. The predicted octanol–water partition coefficient (Wildman–Crippen LogP) is 10.8. The van der Waals surface area contributed by atoms with Gasteiger partial charge in [0.1, 0.15) is 0 Å². The third-order valence-corrected chi connectivity index (χ3v) is 9.30. The molecule has 44 heavy (non-hydrogen) atoms. The summed E-state index contributed by atoms with van der Waals surface area (Å²) in [5.74, 6) is 0.312. The second-order valence-electron chi connectivity index (χ2n) is 11.8. The van der Waals surface area contributed by atoms with Crippen LogP contribution in [-0.4, -0.2) is 10.6 Å². The van der Waals surface area contributed by atoms with E-state index >= 15 is 0 Å². The van der Waals surface area contributed by atoms with Crippen molar-refractivity contribution in [2.75, 3.05) is 4.90 Å². The van der Waals surface area contributed by atoms with Crippen LogP contribution in [-0.2, 0) is 0 Å². The minimum atomic E-state index is 0.231. The highest BCUT2D eigenvalue weighted by molar-refractivity contribution is 6.09. The summed E-state index contributed by atoms with van der Waals surface area (Å²) in [4.78, 5) is 2.54. The molecule has 2 atom stereocenters. The molecule has 2 heterocycles. The Bertz CT molecular complexity index is 2200. The lowest BCUT2D eigenvalue weighted by molar-refractivity contribution is 0.745. The normalized spacial score (nSPS) is 16.9. The average molecular weight is 563 g/mol. The van der Waals surface area contributed by atoms with Crippen LogP contribution in [0.2, 0.25) is 0 Å². The van der Waals surface area contributed by atoms with Crippen molar-refractivity contribution in [1.29, 1.82) is 0 Å². The van der Waals surface area contributed by atoms with E-state index in [4.69, 9.17) is 0 Å². The Hall–Kier alpha value is -5.60. The highest BCUT2D eigenvalue weighted by atomic mass is 15.2. The quantitative estimate of drug-likeness (QED) is 0.207. The summed E-state index contributed by atoms with van der Waals surface area (Å²) in [6.45, 7) is 0. The van der Waals surface area contributed by atoms with Crippen LogP contribution < -0.4 is 4.90 Å². The second kappa shape index (κ2) is 10.00. The topological polar surface area (TPSA) is 8.17 Å². The van der Waals surface area contributed by atoms with Gasteiger partial charge >= 0.3 is 0 Å². The van der Waals surface area contributed by atoms with E-state index in [-0.39, 0.29) is 6.04 Å². The summed E-state index contributed by atoms with van der Waals surface area (Å²) in [7, 11) is 0. The van der Waals surface area contributed by atoms with Crippen molar-refractivity contribution in [2.24, 2.45) is 0 Å². The first-order valence-corrected chi connectivity index (χ1v) is 15.4. The van der Waals surface area contributed by atoms with Crippen molar-refractivity contribution in [2.45, 2.75) is 12.0 Å². The molecule has 0 saturated carbocycles. The van der Waals surface area contributed by atoms with Gasteiger partial charge in [-0.2, -0.15) is 0 Å². The Morgan fingerprint density at radius 2 is 1.05 bits per heavy atom. The van der Waals surface area contributed by atoms with Gasteiger partial charge in [-0.25, -0.2) is 0 Å². The van der Waals surface area contributed by atoms with E-state index < -0.39 is 0 Å². The molecular weight excluding hydrogens is 532 g/mol. The number of nitrogens with zero attached hydrogens (tertiary/aromatic N) is 2. The fourth-order valence-electron chi connectivity index (χ4n) is 7.31. The Morgan fingerprint density at radius 1 is 0.432 bits per heavy atom. The number of benzene rings is 6. The van der Waals surface area contributed by atoms with Gasteiger partial charge in [-0.1, -0.05) is 127 Å². The lowest BCUT2D eigenvalue weighted by Crippen LogP contribution is -2.28. The van der Waals surface area contributed by atoms with Gasteiger partial charge in [0.15, 0.2) is 0 Å². The molecule has 208 valence electrons. The molecule has 9 rings (SSSR count). The molecule has 0 radical (unpaired) electrons. The number of aromatic nitrogens is 1. The van der Waals surface area contributed by atoms with E-state index in [0.29, 0.717) is 5.92 Å². The molecule has 0 spiro atoms. The van der Waals surface area contributed by atoms with E-state index in [0.717, 1.165) is 0 Å². The number of fused-ring (bicyclic) bond motifs is 6. The first kappa shape index (κ1) is 24.9. The standard InChI is InChI=1S/C42H30N2/c1-2-12-29(13-3-1)30-14-10-15-31(26-30)32-16-11-17-33(27-32)44-41-23-9-6-20-37(41)38-25-24-34(28-42(38)44)43-39-21-7-4-18-35(39)36-19-5-8-22-40(36)43/h1-28,37,41H. The van der Waals surface area contributed by atoms with Crippen molar-refractivity contribution < 1.29 is 0 Å². The third-order valence-electron chi connectivity index (χ3n) is 9.30. The lowest BCUT2D eigenvalue weighted by Gasteiger charge is -2.29. The molecule has 0 saturated heterocycles. The van der Waals surface area contributed by atoms with Gasteiger partial charge in [0, 0.05) is 33.8 Å². The van der Waals surface area contributed by atoms with Gasteiger partial charge in [0.05, 0.1) is 17.1 Å². The highest BCUT2D eigenvalue weighted by Crippen LogP contribution is 2.49. The number of anilines is 2. The van der Waals surface area contributed by atoms with Crippen LogP contribution in [0, 0.1) is 0 Å². The zero-order chi connectivity index (χ0) is 29.0. The van der Waals surface area contributed by atoms with E-state index in [2.05, 4.69) is 179 Å². The molecule has 2 aliphatic rings. The maximum atomic E-state index is 2.54. The van der Waals surface area contributed by atoms with E-state index in [1.54, 1.807) is 0 Å². The molecular formula is C42H30N2. The van der Waals surface area contributed by atoms with Crippen LogP contribution in [0.15, 0.2) is 170 Å². The molecule has 2 nitrogen and oxygen atoms in total. The number of allylic oxidation sites excluding steroid dienone is 2. The monoisotopic (exact) mass is 562 g/mol. The first-order chi connectivity index (χ1) is 21.8. The fourth-order valence-corrected chi connectivity index (χ4v) is 7.31. The Kier molecular flexibility index (Phi) is 5.67. The maximum Gasteiger partial charge on any atom is 0.0629 e. The number of rotatable bonds is 4. The van der Waals surface area contributed by atoms with Gasteiger partial charge in [0.25, 0.3) is 0 Å². The van der Waals surface area contributed by atoms with Gasteiger partial charge in [-0.3, -0.25) is 0 Å². The molecule has 1 aliphatic heterocycles. The molecule has 0 bridgehead atoms. The second-order valence-corrected chi connectivity index (χ2v) is 11.8. The fraction of sp³-hybridized carbons (Fsp3) is 0.0476. The number of hydrogen-bond donors (Lipinski definition) is 0. The minimum absolute atomic E-state index is 0.231. The molecule has 0 fully saturated rings. The Balaban J connectivity index is 1.19. The zero-order valence-corrected chi connectivity index (χ0v) is 24.2. The minimum Gasteiger partial charge on any atom is -0.333 e. The number of para-hydroxylation sites is 2. The summed E-state index contributed by atoms with van der Waals surface area (Å²) in [5.41, 5.74) is 12.4. The van der Waals surface area contributed by atoms with Crippen LogP contribution in [0.1, 0.15) is 11.5 Å². The predicted molar refractivity (Wildman–Crippen MR) is 185 cm³/mol. The van der Waals surface area contributed by atoms with Crippen molar-refractivity contribution in [3.05, 3.63) is 175 Å². The summed E-state index contributed by atoms with van der Waals surface area (Å²) in [6.07, 6.45) is 9.10. The largest absolute Gasteiger partial charge is 0.333 e. The molecule has 2 unspecified atom stereocenters. The van der Waals surface area contributed by atoms with Crippen LogP contribution in [0.4, 0.5) is 11.4 Å². The molecule has 1 aromatic heterocycles. The van der Waals surface area contributed by atoms with Crippen LogP contribution in [0.3, 0.4) is 0 Å². The molecule has 0 N–H and O–H groups in total. The first-order valence-electron chi connectivity index (χ1n) is 15.4. The van der Waals surface area contributed by atoms with E-state index in [1.807, 2.05) is 0 Å². The molecule has 6 aromatic carbocycles. The Morgan fingerprint density at radius 3 is 1.82 bits per heavy atom. The van der Waals surface area contributed by atoms with Crippen LogP contribution >= 0.6 is 0 Å². The maximum absolute atomic E-state index is 2.54. The summed E-state index contributed by atoms with van der Waals surface area (Å²) in [5, 5.41) is 2.57. The SMILES string of the molecule is C1=CC2c3ccc(-n4c5ccccc5c5ccccc54)cc3N(c3cccc(-c4cccc(-c5ccccc5)c4)c3)C2C=C1. The third kappa shape index (κ3) is 3.88. The van der Waals surface area contributed by atoms with Crippen molar-refractivity contribution in [1.82, 2.24) is 4.57 Å². The molecule has 7 aromatic rings. The van der Waals surface area contributed by atoms with Crippen LogP contribution in [0.25, 0.3) is 49.7 Å². The lowest BCUT2D eigenvalue weighted by atomic mass is 9.91. The van der Waals surface area contributed by atoms with E-state index in [9.17, 15) is 0 Å². The molecule has 0 amide bonds. The van der Waals surface area contributed by atoms with Crippen molar-refractivity contribution >= 4 is 33.2 Å². The van der Waals surface area contributed by atoms with Gasteiger partial charge in [-0.15, -0.1) is 0 Å². The summed E-state index contributed by atoms with van der Waals surface area (Å²) in [6, 6.07) is 53.3. The van der Waals surface area contributed by atoms with Gasteiger partial charge in [-0.05, 0) is 70.3 Å². The average Bonchev–Trinajstić information content (AvgIpc) is 3.61. The molecule has 1 aliphatic carbocycles. The van der Waals surface area contributed by atoms with Crippen LogP contribution in [0.5, 0.6) is 0 Å². The van der Waals surface area contributed by atoms with Crippen molar-refractivity contribution in [3.63, 3.8) is 0 Å². The zero-order valence-electron chi connectivity index (χ0n) is 24.2. The van der Waals surface area contributed by atoms with Gasteiger partial charge in [0.2, 0.25) is 0 Å². The highest BCUT2D eigenvalue weighted by Gasteiger charge is 2.37. The smallest absolute Gasteiger partial charge is 0.0629 e. The molecule has 2 heteroatoms. The van der Waals surface area contributed by atoms with Crippen molar-refractivity contribution in [3.8, 4) is 27.9 Å². The van der Waals surface area contributed by atoms with Gasteiger partial charge < -0.3 is 9.47 Å². The summed E-state index contributed by atoms with van der Waals surface area (Å²) < 4.78 is 2.42.